The lowest BCUT2D eigenvalue weighted by Crippen LogP contribution is -2.32. The first-order valence-electron chi connectivity index (χ1n) is 4.30. The maximum Gasteiger partial charge on any atom is 0.0100 e. The first-order valence-corrected chi connectivity index (χ1v) is 5.18. The molecular weight excluding hydrogens is 166 g/mol. The molecule has 1 nitrogen and oxygen atoms in total. The molecule has 0 unspecified atom stereocenters. The van der Waals surface area contributed by atoms with E-state index in [0.717, 1.165) is 12.8 Å². The van der Waals surface area contributed by atoms with Gasteiger partial charge in [-0.3, -0.25) is 0 Å². The van der Waals surface area contributed by atoms with Crippen molar-refractivity contribution in [2.24, 2.45) is 5.73 Å². The Balaban J connectivity index is 2.44. The van der Waals surface area contributed by atoms with Crippen LogP contribution in [0.1, 0.15) is 30.7 Å². The van der Waals surface area contributed by atoms with Crippen molar-refractivity contribution < 1.29 is 0 Å². The highest BCUT2D eigenvalue weighted by Crippen LogP contribution is 2.18. The predicted octanol–water partition coefficient (Wildman–Crippen LogP) is 2.73. The zero-order valence-electron chi connectivity index (χ0n) is 8.05. The average Bonchev–Trinajstić information content (AvgIpc) is 2.30. The van der Waals surface area contributed by atoms with Crippen LogP contribution >= 0.6 is 11.3 Å². The fourth-order valence-corrected chi connectivity index (χ4v) is 1.95. The lowest BCUT2D eigenvalue weighted by molar-refractivity contribution is 0.478. The highest BCUT2D eigenvalue weighted by Gasteiger charge is 2.10. The van der Waals surface area contributed by atoms with Gasteiger partial charge >= 0.3 is 0 Å². The number of aryl methyl sites for hydroxylation is 2. The Morgan fingerprint density at radius 1 is 1.50 bits per heavy atom. The van der Waals surface area contributed by atoms with E-state index in [4.69, 9.17) is 5.73 Å². The largest absolute Gasteiger partial charge is 0.326 e. The minimum Gasteiger partial charge on any atom is -0.326 e. The Kier molecular flexibility index (Phi) is 2.91. The van der Waals surface area contributed by atoms with Crippen molar-refractivity contribution >= 4 is 11.3 Å². The van der Waals surface area contributed by atoms with Gasteiger partial charge in [0, 0.05) is 10.4 Å². The second-order valence-corrected chi connectivity index (χ2v) is 5.07. The van der Waals surface area contributed by atoms with E-state index in [0.29, 0.717) is 0 Å². The van der Waals surface area contributed by atoms with E-state index in [1.807, 2.05) is 11.3 Å². The fourth-order valence-electron chi connectivity index (χ4n) is 1.07. The molecule has 12 heavy (non-hydrogen) atoms. The van der Waals surface area contributed by atoms with Crippen molar-refractivity contribution in [3.8, 4) is 0 Å². The molecule has 0 aromatic carbocycles. The van der Waals surface area contributed by atoms with E-state index in [2.05, 4.69) is 32.2 Å². The molecule has 0 spiro atoms. The van der Waals surface area contributed by atoms with Crippen molar-refractivity contribution in [3.63, 3.8) is 0 Å². The Bertz CT molecular complexity index is 245. The van der Waals surface area contributed by atoms with Gasteiger partial charge in [-0.25, -0.2) is 0 Å². The molecule has 2 N–H and O–H groups in total. The van der Waals surface area contributed by atoms with Gasteiger partial charge in [0.05, 0.1) is 0 Å². The summed E-state index contributed by atoms with van der Waals surface area (Å²) in [7, 11) is 0. The first-order chi connectivity index (χ1) is 5.47. The number of thiophene rings is 1. The molecule has 1 aromatic rings. The van der Waals surface area contributed by atoms with Gasteiger partial charge in [0.2, 0.25) is 0 Å². The summed E-state index contributed by atoms with van der Waals surface area (Å²) in [6.45, 7) is 6.29. The van der Waals surface area contributed by atoms with E-state index >= 15 is 0 Å². The lowest BCUT2D eigenvalue weighted by atomic mass is 9.99. The summed E-state index contributed by atoms with van der Waals surface area (Å²) < 4.78 is 0. The SMILES string of the molecule is Cc1csc(CCC(C)(C)N)c1. The summed E-state index contributed by atoms with van der Waals surface area (Å²) in [4.78, 5) is 1.45. The molecule has 0 saturated heterocycles. The fraction of sp³-hybridized carbons (Fsp3) is 0.600. The Morgan fingerprint density at radius 3 is 2.58 bits per heavy atom. The quantitative estimate of drug-likeness (QED) is 0.766. The highest BCUT2D eigenvalue weighted by molar-refractivity contribution is 7.10. The Labute approximate surface area is 78.6 Å². The maximum atomic E-state index is 5.89. The monoisotopic (exact) mass is 183 g/mol. The van der Waals surface area contributed by atoms with E-state index in [1.54, 1.807) is 0 Å². The minimum absolute atomic E-state index is 0.0299. The van der Waals surface area contributed by atoms with Gasteiger partial charge in [-0.1, -0.05) is 0 Å². The molecule has 1 aromatic heterocycles. The van der Waals surface area contributed by atoms with E-state index in [1.165, 1.54) is 10.4 Å². The summed E-state index contributed by atoms with van der Waals surface area (Å²) in [5.74, 6) is 0. The van der Waals surface area contributed by atoms with Crippen LogP contribution in [-0.4, -0.2) is 5.54 Å². The number of hydrogen-bond acceptors (Lipinski definition) is 2. The maximum absolute atomic E-state index is 5.89. The van der Waals surface area contributed by atoms with Crippen LogP contribution in [0, 0.1) is 6.92 Å². The summed E-state index contributed by atoms with van der Waals surface area (Å²) in [5.41, 5.74) is 7.23. The standard InChI is InChI=1S/C10H17NS/c1-8-6-9(12-7-8)4-5-10(2,3)11/h6-7H,4-5,11H2,1-3H3. The van der Waals surface area contributed by atoms with Gasteiger partial charge in [-0.2, -0.15) is 0 Å². The number of rotatable bonds is 3. The average molecular weight is 183 g/mol. The molecular formula is C10H17NS. The van der Waals surface area contributed by atoms with Gasteiger partial charge in [0.1, 0.15) is 0 Å². The molecule has 0 aliphatic rings. The van der Waals surface area contributed by atoms with Crippen LogP contribution in [0.15, 0.2) is 11.4 Å². The van der Waals surface area contributed by atoms with Crippen molar-refractivity contribution in [2.45, 2.75) is 39.2 Å². The molecule has 0 radical (unpaired) electrons. The van der Waals surface area contributed by atoms with Crippen LogP contribution in [0.2, 0.25) is 0 Å². The molecule has 0 saturated carbocycles. The van der Waals surface area contributed by atoms with Gasteiger partial charge < -0.3 is 5.73 Å². The molecule has 0 aliphatic carbocycles. The zero-order chi connectivity index (χ0) is 9.19. The summed E-state index contributed by atoms with van der Waals surface area (Å²) in [6, 6.07) is 2.25. The third kappa shape index (κ3) is 3.37. The second-order valence-electron chi connectivity index (χ2n) is 4.08. The molecule has 2 heteroatoms. The van der Waals surface area contributed by atoms with Crippen molar-refractivity contribution in [1.29, 1.82) is 0 Å². The van der Waals surface area contributed by atoms with Crippen molar-refractivity contribution in [2.75, 3.05) is 0 Å². The Hall–Kier alpha value is -0.340. The van der Waals surface area contributed by atoms with E-state index < -0.39 is 0 Å². The number of hydrogen-bond donors (Lipinski definition) is 1. The molecule has 0 fully saturated rings. The lowest BCUT2D eigenvalue weighted by Gasteiger charge is -2.17. The summed E-state index contributed by atoms with van der Waals surface area (Å²) >= 11 is 1.83. The highest BCUT2D eigenvalue weighted by atomic mass is 32.1. The third-order valence-electron chi connectivity index (χ3n) is 1.80. The smallest absolute Gasteiger partial charge is 0.0100 e. The van der Waals surface area contributed by atoms with Crippen LogP contribution < -0.4 is 5.73 Å². The third-order valence-corrected chi connectivity index (χ3v) is 2.91. The molecule has 1 rings (SSSR count). The van der Waals surface area contributed by atoms with E-state index in [-0.39, 0.29) is 5.54 Å². The molecule has 0 bridgehead atoms. The topological polar surface area (TPSA) is 26.0 Å². The molecule has 1 heterocycles. The zero-order valence-corrected chi connectivity index (χ0v) is 8.87. The van der Waals surface area contributed by atoms with Crippen LogP contribution in [0.25, 0.3) is 0 Å². The second kappa shape index (κ2) is 3.58. The van der Waals surface area contributed by atoms with Crippen LogP contribution in [0.4, 0.5) is 0 Å². The minimum atomic E-state index is -0.0299. The molecule has 0 aliphatic heterocycles. The molecule has 0 amide bonds. The first kappa shape index (κ1) is 9.75. The van der Waals surface area contributed by atoms with E-state index in [9.17, 15) is 0 Å². The van der Waals surface area contributed by atoms with Crippen LogP contribution in [-0.2, 0) is 6.42 Å². The molecule has 68 valence electrons. The summed E-state index contributed by atoms with van der Waals surface area (Å²) in [5, 5.41) is 2.19. The Morgan fingerprint density at radius 2 is 2.17 bits per heavy atom. The van der Waals surface area contributed by atoms with Gasteiger partial charge in [-0.05, 0) is 50.6 Å². The van der Waals surface area contributed by atoms with Crippen molar-refractivity contribution in [1.82, 2.24) is 0 Å². The van der Waals surface area contributed by atoms with Gasteiger partial charge in [-0.15, -0.1) is 11.3 Å². The molecule has 0 atom stereocenters. The van der Waals surface area contributed by atoms with Gasteiger partial charge in [0.15, 0.2) is 0 Å². The van der Waals surface area contributed by atoms with Gasteiger partial charge in [0.25, 0.3) is 0 Å². The summed E-state index contributed by atoms with van der Waals surface area (Å²) in [6.07, 6.45) is 2.18. The van der Waals surface area contributed by atoms with Crippen LogP contribution in [0.5, 0.6) is 0 Å². The normalized spacial score (nSPS) is 12.0. The number of nitrogens with two attached hydrogens (primary N) is 1. The predicted molar refractivity (Wildman–Crippen MR) is 55.6 cm³/mol. The van der Waals surface area contributed by atoms with Crippen molar-refractivity contribution in [3.05, 3.63) is 21.9 Å². The van der Waals surface area contributed by atoms with Crippen LogP contribution in [0.3, 0.4) is 0 Å².